The first-order valence-corrected chi connectivity index (χ1v) is 6.14. The summed E-state index contributed by atoms with van der Waals surface area (Å²) in [6, 6.07) is 3.60. The maximum atomic E-state index is 11.7. The molecule has 7 nitrogen and oxygen atoms in total. The van der Waals surface area contributed by atoms with Crippen LogP contribution >= 0.6 is 0 Å². The Bertz CT molecular complexity index is 488. The van der Waals surface area contributed by atoms with Crippen LogP contribution in [0.5, 0.6) is 11.5 Å². The van der Waals surface area contributed by atoms with Crippen molar-refractivity contribution in [3.8, 4) is 11.5 Å². The van der Waals surface area contributed by atoms with Crippen molar-refractivity contribution in [1.82, 2.24) is 0 Å². The number of phenols is 2. The molecular formula is C13H16O7. The summed E-state index contributed by atoms with van der Waals surface area (Å²) < 4.78 is 10.2. The van der Waals surface area contributed by atoms with Crippen molar-refractivity contribution < 1.29 is 34.7 Å². The normalized spacial score (nSPS) is 26.2. The summed E-state index contributed by atoms with van der Waals surface area (Å²) in [6.45, 7) is -0.0758. The number of aliphatic hydroxyl groups is 2. The highest BCUT2D eigenvalue weighted by molar-refractivity contribution is 5.90. The molecule has 3 atom stereocenters. The number of benzene rings is 1. The van der Waals surface area contributed by atoms with Gasteiger partial charge in [0.25, 0.3) is 0 Å². The second kappa shape index (κ2) is 6.08. The molecule has 0 amide bonds. The van der Waals surface area contributed by atoms with E-state index >= 15 is 0 Å². The van der Waals surface area contributed by atoms with Crippen LogP contribution in [0, 0.1) is 0 Å². The van der Waals surface area contributed by atoms with E-state index in [1.165, 1.54) is 12.1 Å². The molecule has 0 aliphatic carbocycles. The van der Waals surface area contributed by atoms with Crippen LogP contribution < -0.4 is 0 Å². The first kappa shape index (κ1) is 14.6. The Morgan fingerprint density at radius 3 is 2.65 bits per heavy atom. The van der Waals surface area contributed by atoms with E-state index in [9.17, 15) is 20.1 Å². The van der Waals surface area contributed by atoms with Crippen molar-refractivity contribution in [3.05, 3.63) is 23.8 Å². The maximum absolute atomic E-state index is 11.7. The average Bonchev–Trinajstić information content (AvgIpc) is 2.43. The Balaban J connectivity index is 1.87. The molecule has 0 saturated carbocycles. The van der Waals surface area contributed by atoms with E-state index in [4.69, 9.17) is 14.6 Å². The highest BCUT2D eigenvalue weighted by Gasteiger charge is 2.29. The van der Waals surface area contributed by atoms with E-state index in [1.807, 2.05) is 0 Å². The van der Waals surface area contributed by atoms with E-state index in [0.717, 1.165) is 6.07 Å². The lowest BCUT2D eigenvalue weighted by molar-refractivity contribution is -0.132. The number of phenolic OH excluding ortho intramolecular Hbond substituents is 2. The maximum Gasteiger partial charge on any atom is 0.338 e. The molecule has 3 unspecified atom stereocenters. The number of carbonyl (C=O) groups excluding carboxylic acids is 1. The highest BCUT2D eigenvalue weighted by atomic mass is 16.6. The predicted octanol–water partition coefficient (Wildman–Crippen LogP) is -0.235. The predicted molar refractivity (Wildman–Crippen MR) is 66.4 cm³/mol. The third-order valence-corrected chi connectivity index (χ3v) is 3.06. The van der Waals surface area contributed by atoms with Gasteiger partial charge in [0.05, 0.1) is 24.4 Å². The van der Waals surface area contributed by atoms with Gasteiger partial charge in [0.15, 0.2) is 11.5 Å². The van der Waals surface area contributed by atoms with Crippen molar-refractivity contribution in [1.29, 1.82) is 0 Å². The van der Waals surface area contributed by atoms with Gasteiger partial charge in [0.2, 0.25) is 0 Å². The van der Waals surface area contributed by atoms with E-state index in [0.29, 0.717) is 0 Å². The Morgan fingerprint density at radius 2 is 2.00 bits per heavy atom. The Morgan fingerprint density at radius 1 is 1.25 bits per heavy atom. The van der Waals surface area contributed by atoms with E-state index in [2.05, 4.69) is 0 Å². The van der Waals surface area contributed by atoms with Crippen LogP contribution in [0.2, 0.25) is 0 Å². The fraction of sp³-hybridized carbons (Fsp3) is 0.462. The van der Waals surface area contributed by atoms with Crippen LogP contribution in [0.3, 0.4) is 0 Å². The largest absolute Gasteiger partial charge is 0.504 e. The van der Waals surface area contributed by atoms with Crippen molar-refractivity contribution in [2.75, 3.05) is 13.2 Å². The smallest absolute Gasteiger partial charge is 0.338 e. The molecule has 1 aromatic rings. The van der Waals surface area contributed by atoms with Crippen LogP contribution in [0.25, 0.3) is 0 Å². The number of aliphatic hydroxyl groups excluding tert-OH is 2. The molecule has 1 fully saturated rings. The van der Waals surface area contributed by atoms with Crippen molar-refractivity contribution >= 4 is 5.97 Å². The molecule has 2 rings (SSSR count). The van der Waals surface area contributed by atoms with Gasteiger partial charge < -0.3 is 29.9 Å². The van der Waals surface area contributed by atoms with Gasteiger partial charge in [0, 0.05) is 6.42 Å². The average molecular weight is 284 g/mol. The number of aromatic hydroxyl groups is 2. The molecule has 0 bridgehead atoms. The molecule has 4 N–H and O–H groups in total. The molecule has 1 heterocycles. The van der Waals surface area contributed by atoms with Crippen LogP contribution in [0.15, 0.2) is 18.2 Å². The molecule has 0 aromatic heterocycles. The second-order valence-electron chi connectivity index (χ2n) is 4.63. The number of hydrogen-bond donors (Lipinski definition) is 4. The lowest BCUT2D eigenvalue weighted by atomic mass is 10.0. The first-order chi connectivity index (χ1) is 9.47. The Kier molecular flexibility index (Phi) is 4.43. The van der Waals surface area contributed by atoms with Crippen LogP contribution in [-0.2, 0) is 9.47 Å². The fourth-order valence-electron chi connectivity index (χ4n) is 1.86. The zero-order chi connectivity index (χ0) is 14.7. The van der Waals surface area contributed by atoms with Crippen LogP contribution in [0.4, 0.5) is 0 Å². The topological polar surface area (TPSA) is 116 Å². The standard InChI is InChI=1S/C13H16O7/c14-9-2-1-7(3-10(9)15)13(18)20-5-8-4-11(16)12(17)6-19-8/h1-3,8,11-12,14-17H,4-6H2. The van der Waals surface area contributed by atoms with Gasteiger partial charge in [-0.1, -0.05) is 0 Å². The van der Waals surface area contributed by atoms with Gasteiger partial charge >= 0.3 is 5.97 Å². The summed E-state index contributed by atoms with van der Waals surface area (Å²) in [4.78, 5) is 11.7. The Hall–Kier alpha value is -1.83. The molecule has 1 aromatic carbocycles. The third-order valence-electron chi connectivity index (χ3n) is 3.06. The quantitative estimate of drug-likeness (QED) is 0.447. The minimum absolute atomic E-state index is 0.0105. The molecule has 7 heteroatoms. The summed E-state index contributed by atoms with van der Waals surface area (Å²) in [5, 5.41) is 37.2. The molecule has 1 aliphatic heterocycles. The number of carbonyl (C=O) groups is 1. The number of esters is 1. The second-order valence-corrected chi connectivity index (χ2v) is 4.63. The van der Waals surface area contributed by atoms with Gasteiger partial charge in [-0.2, -0.15) is 0 Å². The van der Waals surface area contributed by atoms with Gasteiger partial charge in [-0.15, -0.1) is 0 Å². The lowest BCUT2D eigenvalue weighted by Gasteiger charge is -2.29. The van der Waals surface area contributed by atoms with Crippen LogP contribution in [0.1, 0.15) is 16.8 Å². The minimum Gasteiger partial charge on any atom is -0.504 e. The zero-order valence-corrected chi connectivity index (χ0v) is 10.6. The van der Waals surface area contributed by atoms with Crippen molar-refractivity contribution in [3.63, 3.8) is 0 Å². The van der Waals surface area contributed by atoms with Gasteiger partial charge in [-0.25, -0.2) is 4.79 Å². The zero-order valence-electron chi connectivity index (χ0n) is 10.6. The summed E-state index contributed by atoms with van der Waals surface area (Å²) >= 11 is 0. The molecular weight excluding hydrogens is 268 g/mol. The van der Waals surface area contributed by atoms with Gasteiger partial charge in [0.1, 0.15) is 12.7 Å². The molecule has 1 aliphatic rings. The molecule has 1 saturated heterocycles. The summed E-state index contributed by atoms with van der Waals surface area (Å²) in [5.41, 5.74) is 0.0942. The fourth-order valence-corrected chi connectivity index (χ4v) is 1.86. The Labute approximate surface area is 115 Å². The number of ether oxygens (including phenoxy) is 2. The molecule has 20 heavy (non-hydrogen) atoms. The first-order valence-electron chi connectivity index (χ1n) is 6.14. The van der Waals surface area contributed by atoms with Gasteiger partial charge in [-0.05, 0) is 18.2 Å². The van der Waals surface area contributed by atoms with E-state index < -0.39 is 30.0 Å². The molecule has 0 spiro atoms. The lowest BCUT2D eigenvalue weighted by Crippen LogP contribution is -2.43. The summed E-state index contributed by atoms with van der Waals surface area (Å²) in [6.07, 6.45) is -2.13. The molecule has 110 valence electrons. The molecule has 0 radical (unpaired) electrons. The van der Waals surface area contributed by atoms with Crippen LogP contribution in [-0.4, -0.2) is 57.9 Å². The summed E-state index contributed by atoms with van der Waals surface area (Å²) in [5.74, 6) is -1.41. The summed E-state index contributed by atoms with van der Waals surface area (Å²) in [7, 11) is 0. The van der Waals surface area contributed by atoms with Crippen molar-refractivity contribution in [2.24, 2.45) is 0 Å². The number of rotatable bonds is 3. The SMILES string of the molecule is O=C(OCC1CC(O)C(O)CO1)c1ccc(O)c(O)c1. The van der Waals surface area contributed by atoms with Crippen molar-refractivity contribution in [2.45, 2.75) is 24.7 Å². The highest BCUT2D eigenvalue weighted by Crippen LogP contribution is 2.25. The minimum atomic E-state index is -0.920. The van der Waals surface area contributed by atoms with Gasteiger partial charge in [-0.3, -0.25) is 0 Å². The van der Waals surface area contributed by atoms with E-state index in [1.54, 1.807) is 0 Å². The number of hydrogen-bond acceptors (Lipinski definition) is 7. The monoisotopic (exact) mass is 284 g/mol. The van der Waals surface area contributed by atoms with E-state index in [-0.39, 0.29) is 30.9 Å². The third kappa shape index (κ3) is 3.38.